The first-order chi connectivity index (χ1) is 15.3. The third-order valence-corrected chi connectivity index (χ3v) is 5.88. The van der Waals surface area contributed by atoms with Crippen LogP contribution in [0.15, 0.2) is 18.2 Å². The third-order valence-electron chi connectivity index (χ3n) is 5.88. The van der Waals surface area contributed by atoms with E-state index in [9.17, 15) is 9.59 Å². The normalized spacial score (nSPS) is 22.7. The van der Waals surface area contributed by atoms with Gasteiger partial charge in [0.15, 0.2) is 0 Å². The van der Waals surface area contributed by atoms with E-state index in [1.165, 1.54) is 7.11 Å². The van der Waals surface area contributed by atoms with Gasteiger partial charge in [-0.25, -0.2) is 9.59 Å². The Balaban J connectivity index is 1.96. The van der Waals surface area contributed by atoms with Crippen molar-refractivity contribution in [3.8, 4) is 5.75 Å². The summed E-state index contributed by atoms with van der Waals surface area (Å²) in [6, 6.07) is 5.07. The van der Waals surface area contributed by atoms with Crippen molar-refractivity contribution >= 4 is 12.1 Å². The average Bonchev–Trinajstić information content (AvgIpc) is 2.75. The molecule has 2 atom stereocenters. The summed E-state index contributed by atoms with van der Waals surface area (Å²) in [5.41, 5.74) is 0.716. The molecule has 0 unspecified atom stereocenters. The maximum Gasteiger partial charge on any atom is 0.410 e. The van der Waals surface area contributed by atoms with Gasteiger partial charge >= 0.3 is 12.1 Å². The van der Waals surface area contributed by atoms with Gasteiger partial charge in [0.2, 0.25) is 0 Å². The van der Waals surface area contributed by atoms with E-state index in [0.29, 0.717) is 30.9 Å². The molecule has 7 nitrogen and oxygen atoms in total. The largest absolute Gasteiger partial charge is 0.493 e. The van der Waals surface area contributed by atoms with E-state index in [1.807, 2.05) is 26.8 Å². The van der Waals surface area contributed by atoms with Crippen LogP contribution in [0.3, 0.4) is 0 Å². The monoisotopic (exact) mass is 447 g/mol. The van der Waals surface area contributed by atoms with Crippen LogP contribution >= 0.6 is 0 Å². The van der Waals surface area contributed by atoms with Gasteiger partial charge in [-0.3, -0.25) is 0 Å². The molecule has 32 heavy (non-hydrogen) atoms. The van der Waals surface area contributed by atoms with Crippen LogP contribution in [0.2, 0.25) is 0 Å². The number of fused-ring (bicyclic) bond motifs is 4. The smallest absolute Gasteiger partial charge is 0.410 e. The number of hydrogen-bond acceptors (Lipinski definition) is 6. The predicted octanol–water partition coefficient (Wildman–Crippen LogP) is 5.27. The zero-order valence-electron chi connectivity index (χ0n) is 19.9. The van der Waals surface area contributed by atoms with Crippen molar-refractivity contribution in [3.63, 3.8) is 0 Å². The molecular formula is C25H37NO6. The molecule has 2 aliphatic heterocycles. The van der Waals surface area contributed by atoms with Crippen LogP contribution in [0.5, 0.6) is 5.75 Å². The summed E-state index contributed by atoms with van der Waals surface area (Å²) >= 11 is 0. The van der Waals surface area contributed by atoms with Crippen molar-refractivity contribution in [2.45, 2.75) is 83.5 Å². The lowest BCUT2D eigenvalue weighted by molar-refractivity contribution is -0.0328. The van der Waals surface area contributed by atoms with Gasteiger partial charge in [-0.15, -0.1) is 0 Å². The molecule has 0 radical (unpaired) electrons. The molecule has 1 aromatic carbocycles. The highest BCUT2D eigenvalue weighted by Gasteiger charge is 2.37. The van der Waals surface area contributed by atoms with Gasteiger partial charge in [0, 0.05) is 18.7 Å². The Bertz CT molecular complexity index is 787. The molecule has 0 N–H and O–H groups in total. The Kier molecular flexibility index (Phi) is 8.40. The maximum absolute atomic E-state index is 13.1. The Morgan fingerprint density at radius 2 is 1.78 bits per heavy atom. The minimum Gasteiger partial charge on any atom is -0.493 e. The van der Waals surface area contributed by atoms with Crippen LogP contribution in [0.4, 0.5) is 4.79 Å². The highest BCUT2D eigenvalue weighted by molar-refractivity contribution is 5.90. The number of nitrogens with zero attached hydrogens (tertiary/aromatic N) is 1. The number of carbonyl (C=O) groups is 2. The molecule has 7 heteroatoms. The fourth-order valence-corrected chi connectivity index (χ4v) is 4.26. The summed E-state index contributed by atoms with van der Waals surface area (Å²) in [5.74, 6) is 0.203. The first-order valence-corrected chi connectivity index (χ1v) is 11.7. The summed E-state index contributed by atoms with van der Waals surface area (Å²) < 4.78 is 22.9. The van der Waals surface area contributed by atoms with E-state index >= 15 is 0 Å². The van der Waals surface area contributed by atoms with Crippen LogP contribution < -0.4 is 4.74 Å². The second-order valence-corrected chi connectivity index (χ2v) is 9.57. The molecule has 178 valence electrons. The zero-order chi connectivity index (χ0) is 23.1. The van der Waals surface area contributed by atoms with E-state index < -0.39 is 11.6 Å². The van der Waals surface area contributed by atoms with Gasteiger partial charge in [0.25, 0.3) is 0 Å². The molecule has 0 aliphatic carbocycles. The second kappa shape index (κ2) is 11.0. The number of amides is 1. The number of esters is 1. The minimum absolute atomic E-state index is 0.0646. The molecule has 0 aromatic heterocycles. The van der Waals surface area contributed by atoms with Crippen molar-refractivity contribution in [2.75, 3.05) is 26.9 Å². The van der Waals surface area contributed by atoms with E-state index in [-0.39, 0.29) is 18.2 Å². The number of rotatable bonds is 1. The quantitative estimate of drug-likeness (QED) is 0.546. The first kappa shape index (κ1) is 24.4. The minimum atomic E-state index is -0.583. The number of hydrogen-bond donors (Lipinski definition) is 0. The Hall–Kier alpha value is -2.28. The molecule has 1 amide bonds. The van der Waals surface area contributed by atoms with Crippen LogP contribution in [-0.2, 0) is 14.2 Å². The van der Waals surface area contributed by atoms with Crippen molar-refractivity contribution in [3.05, 3.63) is 29.3 Å². The lowest BCUT2D eigenvalue weighted by Gasteiger charge is -2.40. The fourth-order valence-electron chi connectivity index (χ4n) is 4.26. The standard InChI is InChI=1S/C25H37NO6/c1-25(2,3)32-24(28)26-13-12-19-17-21(26)20-11-10-18(23(27)29-4)16-22(20)31-15-9-7-5-6-8-14-30-19/h10-11,16,19,21H,5-9,12-15,17H2,1-4H3/t19-,21-/m0/s1. The van der Waals surface area contributed by atoms with E-state index in [0.717, 1.165) is 50.7 Å². The van der Waals surface area contributed by atoms with Crippen molar-refractivity contribution in [1.29, 1.82) is 0 Å². The summed E-state index contributed by atoms with van der Waals surface area (Å²) in [7, 11) is 1.36. The fraction of sp³-hybridized carbons (Fsp3) is 0.680. The summed E-state index contributed by atoms with van der Waals surface area (Å²) in [6.45, 7) is 7.46. The van der Waals surface area contributed by atoms with Crippen LogP contribution in [0.1, 0.15) is 87.7 Å². The van der Waals surface area contributed by atoms with Gasteiger partial charge < -0.3 is 23.8 Å². The zero-order valence-corrected chi connectivity index (χ0v) is 19.9. The van der Waals surface area contributed by atoms with Gasteiger partial charge in [-0.1, -0.05) is 25.3 Å². The van der Waals surface area contributed by atoms with Gasteiger partial charge in [0.05, 0.1) is 31.4 Å². The summed E-state index contributed by atoms with van der Waals surface area (Å²) in [4.78, 5) is 27.0. The second-order valence-electron chi connectivity index (χ2n) is 9.57. The van der Waals surface area contributed by atoms with Gasteiger partial charge in [0.1, 0.15) is 11.4 Å². The summed E-state index contributed by atoms with van der Waals surface area (Å²) in [5, 5.41) is 0. The van der Waals surface area contributed by atoms with Gasteiger partial charge in [-0.2, -0.15) is 0 Å². The Morgan fingerprint density at radius 3 is 2.50 bits per heavy atom. The van der Waals surface area contributed by atoms with E-state index in [1.54, 1.807) is 17.0 Å². The lowest BCUT2D eigenvalue weighted by atomic mass is 9.92. The van der Waals surface area contributed by atoms with Gasteiger partial charge in [-0.05, 0) is 58.6 Å². The van der Waals surface area contributed by atoms with Crippen LogP contribution in [-0.4, -0.2) is 55.5 Å². The molecule has 2 aliphatic rings. The number of piperidine rings is 1. The Labute approximate surface area is 191 Å². The molecule has 1 fully saturated rings. The van der Waals surface area contributed by atoms with Crippen LogP contribution in [0.25, 0.3) is 0 Å². The average molecular weight is 448 g/mol. The van der Waals surface area contributed by atoms with E-state index in [4.69, 9.17) is 18.9 Å². The lowest BCUT2D eigenvalue weighted by Crippen LogP contribution is -2.45. The number of benzene rings is 1. The SMILES string of the molecule is COC(=O)c1ccc2c(c1)OCCCCCCCO[C@H]1CCN(C(=O)OC(C)(C)C)[C@H]2C1. The molecule has 3 rings (SSSR count). The molecule has 0 saturated carbocycles. The van der Waals surface area contributed by atoms with Crippen molar-refractivity contribution in [2.24, 2.45) is 0 Å². The number of carbonyl (C=O) groups excluding carboxylic acids is 2. The Morgan fingerprint density at radius 1 is 1.06 bits per heavy atom. The summed E-state index contributed by atoms with van der Waals surface area (Å²) in [6.07, 6.45) is 6.52. The highest BCUT2D eigenvalue weighted by atomic mass is 16.6. The molecule has 2 heterocycles. The number of ether oxygens (including phenoxy) is 4. The van der Waals surface area contributed by atoms with Crippen molar-refractivity contribution < 1.29 is 28.5 Å². The first-order valence-electron chi connectivity index (χ1n) is 11.7. The molecule has 1 aromatic rings. The predicted molar refractivity (Wildman–Crippen MR) is 121 cm³/mol. The topological polar surface area (TPSA) is 74.3 Å². The number of methoxy groups -OCH3 is 1. The van der Waals surface area contributed by atoms with Crippen LogP contribution in [0, 0.1) is 0 Å². The highest BCUT2D eigenvalue weighted by Crippen LogP contribution is 2.39. The molecular weight excluding hydrogens is 410 g/mol. The van der Waals surface area contributed by atoms with Crippen molar-refractivity contribution in [1.82, 2.24) is 4.90 Å². The van der Waals surface area contributed by atoms with E-state index in [2.05, 4.69) is 0 Å². The molecule has 0 spiro atoms. The molecule has 2 bridgehead atoms. The number of likely N-dealkylation sites (tertiary alicyclic amines) is 1. The maximum atomic E-state index is 13.1. The third kappa shape index (κ3) is 6.61. The molecule has 1 saturated heterocycles.